The summed E-state index contributed by atoms with van der Waals surface area (Å²) in [4.78, 5) is 0. The summed E-state index contributed by atoms with van der Waals surface area (Å²) in [7, 11) is -1.81. The molecule has 0 atom stereocenters. The Morgan fingerprint density at radius 2 is 2.00 bits per heavy atom. The van der Waals surface area contributed by atoms with Crippen molar-refractivity contribution >= 4 is 12.6 Å². The second kappa shape index (κ2) is 7.48. The van der Waals surface area contributed by atoms with E-state index in [2.05, 4.69) is 0 Å². The highest BCUT2D eigenvalue weighted by atomic mass is 19.1. The minimum atomic E-state index is -1.81. The van der Waals surface area contributed by atoms with Crippen molar-refractivity contribution in [1.82, 2.24) is 0 Å². The molecule has 0 fully saturated rings. The summed E-state index contributed by atoms with van der Waals surface area (Å²) in [6.07, 6.45) is 0.163. The van der Waals surface area contributed by atoms with Gasteiger partial charge in [-0.2, -0.15) is 0 Å². The zero-order chi connectivity index (χ0) is 13.5. The molecule has 1 aromatic rings. The zero-order valence-electron chi connectivity index (χ0n) is 10.6. The molecule has 0 saturated heterocycles. The first-order valence-electron chi connectivity index (χ1n) is 5.84. The third kappa shape index (κ3) is 5.14. The van der Waals surface area contributed by atoms with E-state index in [4.69, 9.17) is 19.5 Å². The van der Waals surface area contributed by atoms with Crippen LogP contribution in [0.4, 0.5) is 4.39 Å². The third-order valence-corrected chi connectivity index (χ3v) is 2.29. The average molecular weight is 256 g/mol. The Morgan fingerprint density at radius 1 is 1.28 bits per heavy atom. The summed E-state index contributed by atoms with van der Waals surface area (Å²) in [5.41, 5.74) is 0.540. The van der Waals surface area contributed by atoms with E-state index in [0.717, 1.165) is 0 Å². The molecular weight excluding hydrogens is 238 g/mol. The number of rotatable bonds is 7. The minimum absolute atomic E-state index is 0.144. The first-order valence-corrected chi connectivity index (χ1v) is 5.84. The lowest BCUT2D eigenvalue weighted by atomic mass is 9.79. The van der Waals surface area contributed by atoms with Gasteiger partial charge in [-0.05, 0) is 25.5 Å². The zero-order valence-corrected chi connectivity index (χ0v) is 10.6. The van der Waals surface area contributed by atoms with Crippen molar-refractivity contribution in [3.8, 4) is 0 Å². The number of benzene rings is 1. The molecule has 1 rings (SSSR count). The van der Waals surface area contributed by atoms with Crippen LogP contribution in [0, 0.1) is 5.82 Å². The second-order valence-corrected chi connectivity index (χ2v) is 4.20. The highest BCUT2D eigenvalue weighted by Crippen LogP contribution is 2.03. The van der Waals surface area contributed by atoms with Crippen LogP contribution in [0.15, 0.2) is 18.2 Å². The molecular formula is C12H18BFO4. The van der Waals surface area contributed by atoms with Gasteiger partial charge in [-0.1, -0.05) is 12.1 Å². The normalized spacial score (nSPS) is 11.0. The number of ether oxygens (including phenoxy) is 2. The lowest BCUT2D eigenvalue weighted by Gasteiger charge is -2.09. The Morgan fingerprint density at radius 3 is 2.61 bits per heavy atom. The lowest BCUT2D eigenvalue weighted by molar-refractivity contribution is 0.0143. The Kier molecular flexibility index (Phi) is 6.28. The molecule has 4 nitrogen and oxygen atoms in total. The van der Waals surface area contributed by atoms with Crippen LogP contribution in [0.5, 0.6) is 0 Å². The van der Waals surface area contributed by atoms with Crippen LogP contribution < -0.4 is 5.46 Å². The number of hydrogen-bond donors (Lipinski definition) is 2. The van der Waals surface area contributed by atoms with Crippen LogP contribution in [0.3, 0.4) is 0 Å². The van der Waals surface area contributed by atoms with Crippen molar-refractivity contribution in [2.45, 2.75) is 26.6 Å². The summed E-state index contributed by atoms with van der Waals surface area (Å²) in [6, 6.07) is 4.12. The summed E-state index contributed by atoms with van der Waals surface area (Å²) in [6.45, 7) is 5.09. The third-order valence-electron chi connectivity index (χ3n) is 2.29. The van der Waals surface area contributed by atoms with E-state index < -0.39 is 12.9 Å². The van der Waals surface area contributed by atoms with Crippen LogP contribution >= 0.6 is 0 Å². The van der Waals surface area contributed by atoms with Crippen molar-refractivity contribution < 1.29 is 23.9 Å². The van der Waals surface area contributed by atoms with Crippen molar-refractivity contribution in [3.05, 3.63) is 29.6 Å². The first kappa shape index (κ1) is 15.1. The van der Waals surface area contributed by atoms with E-state index in [1.807, 2.05) is 13.8 Å². The fourth-order valence-electron chi connectivity index (χ4n) is 1.41. The highest BCUT2D eigenvalue weighted by Gasteiger charge is 2.16. The molecule has 6 heteroatoms. The molecule has 100 valence electrons. The molecule has 0 aliphatic rings. The van der Waals surface area contributed by atoms with Gasteiger partial charge >= 0.3 is 7.12 Å². The van der Waals surface area contributed by atoms with Crippen LogP contribution in [-0.2, 0) is 16.1 Å². The summed E-state index contributed by atoms with van der Waals surface area (Å²) >= 11 is 0. The average Bonchev–Trinajstić information content (AvgIpc) is 2.30. The maximum atomic E-state index is 13.2. The van der Waals surface area contributed by atoms with E-state index in [1.165, 1.54) is 12.1 Å². The standard InChI is InChI=1S/C12H18BFO4/c1-9(2)18-6-5-17-8-10-3-4-12(14)11(7-10)13(15)16/h3-4,7,9,15-16H,5-6,8H2,1-2H3. The lowest BCUT2D eigenvalue weighted by Crippen LogP contribution is -2.33. The maximum Gasteiger partial charge on any atom is 0.491 e. The van der Waals surface area contributed by atoms with Gasteiger partial charge in [0.05, 0.1) is 25.9 Å². The SMILES string of the molecule is CC(C)OCCOCc1ccc(F)c(B(O)O)c1. The van der Waals surface area contributed by atoms with Crippen molar-refractivity contribution in [3.63, 3.8) is 0 Å². The molecule has 18 heavy (non-hydrogen) atoms. The molecule has 0 aromatic heterocycles. The summed E-state index contributed by atoms with van der Waals surface area (Å²) in [5.74, 6) is -0.642. The van der Waals surface area contributed by atoms with E-state index in [0.29, 0.717) is 18.8 Å². The highest BCUT2D eigenvalue weighted by molar-refractivity contribution is 6.58. The monoisotopic (exact) mass is 256 g/mol. The van der Waals surface area contributed by atoms with E-state index in [-0.39, 0.29) is 18.2 Å². The molecule has 0 radical (unpaired) electrons. The molecule has 0 saturated carbocycles. The summed E-state index contributed by atoms with van der Waals surface area (Å²) in [5, 5.41) is 17.9. The molecule has 1 aromatic carbocycles. The smallest absolute Gasteiger partial charge is 0.423 e. The molecule has 0 aliphatic heterocycles. The minimum Gasteiger partial charge on any atom is -0.423 e. The molecule has 0 amide bonds. The molecule has 0 aliphatic carbocycles. The molecule has 0 heterocycles. The second-order valence-electron chi connectivity index (χ2n) is 4.20. The van der Waals surface area contributed by atoms with Crippen LogP contribution in [-0.4, -0.2) is 36.5 Å². The maximum absolute atomic E-state index is 13.2. The van der Waals surface area contributed by atoms with Crippen molar-refractivity contribution in [1.29, 1.82) is 0 Å². The van der Waals surface area contributed by atoms with Gasteiger partial charge in [-0.3, -0.25) is 0 Å². The van der Waals surface area contributed by atoms with E-state index in [1.54, 1.807) is 6.07 Å². The number of hydrogen-bond acceptors (Lipinski definition) is 4. The quantitative estimate of drug-likeness (QED) is 0.549. The van der Waals surface area contributed by atoms with Crippen molar-refractivity contribution in [2.75, 3.05) is 13.2 Å². The van der Waals surface area contributed by atoms with Gasteiger partial charge < -0.3 is 19.5 Å². The predicted molar refractivity (Wildman–Crippen MR) is 67.0 cm³/mol. The van der Waals surface area contributed by atoms with Gasteiger partial charge in [0.2, 0.25) is 0 Å². The van der Waals surface area contributed by atoms with Crippen LogP contribution in [0.1, 0.15) is 19.4 Å². The van der Waals surface area contributed by atoms with Crippen molar-refractivity contribution in [2.24, 2.45) is 0 Å². The Bertz CT molecular complexity index is 371. The van der Waals surface area contributed by atoms with Crippen LogP contribution in [0.25, 0.3) is 0 Å². The largest absolute Gasteiger partial charge is 0.491 e. The molecule has 0 unspecified atom stereocenters. The molecule has 0 spiro atoms. The Labute approximate surface area is 106 Å². The van der Waals surface area contributed by atoms with Gasteiger partial charge in [0.15, 0.2) is 0 Å². The Hall–Kier alpha value is -0.945. The van der Waals surface area contributed by atoms with Gasteiger partial charge in [0, 0.05) is 5.46 Å². The van der Waals surface area contributed by atoms with Gasteiger partial charge in [-0.25, -0.2) is 4.39 Å². The molecule has 2 N–H and O–H groups in total. The predicted octanol–water partition coefficient (Wildman–Crippen LogP) is 0.447. The van der Waals surface area contributed by atoms with E-state index >= 15 is 0 Å². The molecule has 0 bridgehead atoms. The van der Waals surface area contributed by atoms with Gasteiger partial charge in [-0.15, -0.1) is 0 Å². The fourth-order valence-corrected chi connectivity index (χ4v) is 1.41. The fraction of sp³-hybridized carbons (Fsp3) is 0.500. The van der Waals surface area contributed by atoms with Gasteiger partial charge in [0.25, 0.3) is 0 Å². The number of halogens is 1. The van der Waals surface area contributed by atoms with E-state index in [9.17, 15) is 4.39 Å². The topological polar surface area (TPSA) is 58.9 Å². The summed E-state index contributed by atoms with van der Waals surface area (Å²) < 4.78 is 23.8. The van der Waals surface area contributed by atoms with Gasteiger partial charge in [0.1, 0.15) is 5.82 Å². The van der Waals surface area contributed by atoms with Crippen LogP contribution in [0.2, 0.25) is 0 Å². The Balaban J connectivity index is 2.41. The first-order chi connectivity index (χ1) is 8.50.